The lowest BCUT2D eigenvalue weighted by molar-refractivity contribution is 0.0997. The van der Waals surface area contributed by atoms with E-state index in [9.17, 15) is 13.6 Å². The lowest BCUT2D eigenvalue weighted by Crippen LogP contribution is -2.14. The van der Waals surface area contributed by atoms with Gasteiger partial charge in [0.05, 0.1) is 31.5 Å². The van der Waals surface area contributed by atoms with Crippen molar-refractivity contribution in [2.24, 2.45) is 12.0 Å². The summed E-state index contributed by atoms with van der Waals surface area (Å²) >= 11 is 1.01. The van der Waals surface area contributed by atoms with Gasteiger partial charge in [-0.05, 0) is 18.2 Å². The molecule has 9 heteroatoms. The first-order valence-corrected chi connectivity index (χ1v) is 8.54. The highest BCUT2D eigenvalue weighted by molar-refractivity contribution is 7.16. The van der Waals surface area contributed by atoms with Crippen LogP contribution in [0.4, 0.5) is 8.78 Å². The Labute approximate surface area is 157 Å². The fourth-order valence-corrected chi connectivity index (χ4v) is 3.72. The number of hydrogen-bond acceptors (Lipinski definition) is 5. The molecule has 0 aliphatic carbocycles. The number of aryl methyl sites for hydroxylation is 1. The maximum absolute atomic E-state index is 14.0. The summed E-state index contributed by atoms with van der Waals surface area (Å²) in [7, 11) is 5.89. The van der Waals surface area contributed by atoms with Gasteiger partial charge in [-0.1, -0.05) is 11.3 Å². The van der Waals surface area contributed by atoms with Crippen molar-refractivity contribution in [1.29, 1.82) is 0 Å². The first kappa shape index (κ1) is 18.8. The van der Waals surface area contributed by atoms with E-state index in [1.165, 1.54) is 44.1 Å². The molecule has 2 aromatic carbocycles. The van der Waals surface area contributed by atoms with Gasteiger partial charge in [0, 0.05) is 18.7 Å². The molecule has 0 aliphatic rings. The predicted octanol–water partition coefficient (Wildman–Crippen LogP) is 3.28. The molecule has 0 radical (unpaired) electrons. The van der Waals surface area contributed by atoms with Gasteiger partial charge in [-0.25, -0.2) is 8.78 Å². The minimum atomic E-state index is -0.717. The van der Waals surface area contributed by atoms with Crippen LogP contribution in [0.2, 0.25) is 0 Å². The molecule has 0 saturated carbocycles. The number of aromatic nitrogens is 1. The number of methoxy groups -OCH3 is 3. The topological polar surface area (TPSA) is 62.0 Å². The predicted molar refractivity (Wildman–Crippen MR) is 96.7 cm³/mol. The van der Waals surface area contributed by atoms with Gasteiger partial charge in [0.2, 0.25) is 5.75 Å². The third-order valence-electron chi connectivity index (χ3n) is 3.93. The molecule has 0 fully saturated rings. The number of thiazole rings is 1. The zero-order valence-corrected chi connectivity index (χ0v) is 15.8. The van der Waals surface area contributed by atoms with Crippen molar-refractivity contribution >= 4 is 27.5 Å². The third kappa shape index (κ3) is 3.37. The number of carbonyl (C=O) groups is 1. The molecular weight excluding hydrogens is 378 g/mol. The average Bonchev–Trinajstić information content (AvgIpc) is 2.95. The van der Waals surface area contributed by atoms with Gasteiger partial charge in [-0.2, -0.15) is 4.99 Å². The first-order chi connectivity index (χ1) is 12.9. The molecule has 1 amide bonds. The Morgan fingerprint density at radius 1 is 1.04 bits per heavy atom. The molecule has 3 rings (SSSR count). The third-order valence-corrected chi connectivity index (χ3v) is 5.00. The van der Waals surface area contributed by atoms with E-state index < -0.39 is 17.5 Å². The summed E-state index contributed by atoms with van der Waals surface area (Å²) in [4.78, 5) is 16.9. The molecule has 0 N–H and O–H groups in total. The second kappa shape index (κ2) is 7.36. The van der Waals surface area contributed by atoms with Crippen molar-refractivity contribution in [3.63, 3.8) is 0 Å². The molecule has 3 aromatic rings. The number of hydrogen-bond donors (Lipinski definition) is 0. The fourth-order valence-electron chi connectivity index (χ4n) is 2.66. The van der Waals surface area contributed by atoms with Gasteiger partial charge >= 0.3 is 0 Å². The fraction of sp³-hybridized carbons (Fsp3) is 0.222. The van der Waals surface area contributed by atoms with Crippen LogP contribution in [0.3, 0.4) is 0 Å². The Hall–Kier alpha value is -2.94. The highest BCUT2D eigenvalue weighted by Crippen LogP contribution is 2.38. The second-order valence-electron chi connectivity index (χ2n) is 5.51. The highest BCUT2D eigenvalue weighted by atomic mass is 32.1. The van der Waals surface area contributed by atoms with E-state index in [0.717, 1.165) is 17.4 Å². The van der Waals surface area contributed by atoms with Crippen molar-refractivity contribution < 1.29 is 27.8 Å². The molecule has 0 spiro atoms. The van der Waals surface area contributed by atoms with Gasteiger partial charge in [-0.15, -0.1) is 0 Å². The molecule has 6 nitrogen and oxygen atoms in total. The zero-order chi connectivity index (χ0) is 19.7. The van der Waals surface area contributed by atoms with Gasteiger partial charge in [0.25, 0.3) is 5.91 Å². The molecule has 0 atom stereocenters. The standard InChI is InChI=1S/C18H16F2N2O4S/c1-22-15-11(20)7-10(19)8-14(15)27-18(22)21-17(23)9-5-12(24-2)16(26-4)13(6-9)25-3/h5-8H,1-4H3. The SMILES string of the molecule is COc1cc(C(=O)N=c2sc3cc(F)cc(F)c3n2C)cc(OC)c1OC. The summed E-state index contributed by atoms with van der Waals surface area (Å²) in [6.07, 6.45) is 0. The lowest BCUT2D eigenvalue weighted by atomic mass is 10.1. The van der Waals surface area contributed by atoms with Crippen molar-refractivity contribution in [2.75, 3.05) is 21.3 Å². The molecule has 1 aromatic heterocycles. The van der Waals surface area contributed by atoms with Crippen molar-refractivity contribution in [3.8, 4) is 17.2 Å². The molecule has 27 heavy (non-hydrogen) atoms. The van der Waals surface area contributed by atoms with E-state index in [4.69, 9.17) is 14.2 Å². The van der Waals surface area contributed by atoms with Crippen LogP contribution in [0, 0.1) is 11.6 Å². The van der Waals surface area contributed by atoms with Gasteiger partial charge in [0.15, 0.2) is 22.1 Å². The molecule has 0 saturated heterocycles. The number of fused-ring (bicyclic) bond motifs is 1. The van der Waals surface area contributed by atoms with Crippen LogP contribution in [-0.4, -0.2) is 31.8 Å². The maximum atomic E-state index is 14.0. The zero-order valence-electron chi connectivity index (χ0n) is 15.0. The van der Waals surface area contributed by atoms with Crippen LogP contribution in [0.1, 0.15) is 10.4 Å². The first-order valence-electron chi connectivity index (χ1n) is 7.73. The van der Waals surface area contributed by atoms with Crippen molar-refractivity contribution in [3.05, 3.63) is 46.3 Å². The normalized spacial score (nSPS) is 11.7. The molecule has 0 bridgehead atoms. The van der Waals surface area contributed by atoms with Crippen LogP contribution in [0.25, 0.3) is 10.2 Å². The number of amides is 1. The summed E-state index contributed by atoms with van der Waals surface area (Å²) in [5.41, 5.74) is 0.381. The summed E-state index contributed by atoms with van der Waals surface area (Å²) in [6, 6.07) is 4.94. The van der Waals surface area contributed by atoms with Crippen molar-refractivity contribution in [2.45, 2.75) is 0 Å². The van der Waals surface area contributed by atoms with Crippen LogP contribution in [-0.2, 0) is 7.05 Å². The quantitative estimate of drug-likeness (QED) is 0.681. The Bertz CT molecular complexity index is 1080. The van der Waals surface area contributed by atoms with Crippen LogP contribution < -0.4 is 19.0 Å². The minimum absolute atomic E-state index is 0.179. The summed E-state index contributed by atoms with van der Waals surface area (Å²) in [6.45, 7) is 0. The van der Waals surface area contributed by atoms with Crippen LogP contribution in [0.5, 0.6) is 17.2 Å². The van der Waals surface area contributed by atoms with E-state index in [2.05, 4.69) is 4.99 Å². The van der Waals surface area contributed by atoms with E-state index in [-0.39, 0.29) is 15.9 Å². The molecule has 1 heterocycles. The van der Waals surface area contributed by atoms with Gasteiger partial charge in [-0.3, -0.25) is 4.79 Å². The average molecular weight is 394 g/mol. The monoisotopic (exact) mass is 394 g/mol. The Morgan fingerprint density at radius 2 is 1.67 bits per heavy atom. The van der Waals surface area contributed by atoms with E-state index >= 15 is 0 Å². The summed E-state index contributed by atoms with van der Waals surface area (Å²) in [5.74, 6) is -1.03. The Balaban J connectivity index is 2.14. The largest absolute Gasteiger partial charge is 0.493 e. The number of rotatable bonds is 4. The van der Waals surface area contributed by atoms with E-state index in [1.54, 1.807) is 7.05 Å². The Morgan fingerprint density at radius 3 is 2.22 bits per heavy atom. The number of benzene rings is 2. The number of nitrogens with zero attached hydrogens (tertiary/aromatic N) is 2. The lowest BCUT2D eigenvalue weighted by Gasteiger charge is -2.12. The van der Waals surface area contributed by atoms with Gasteiger partial charge < -0.3 is 18.8 Å². The highest BCUT2D eigenvalue weighted by Gasteiger charge is 2.17. The molecular formula is C18H16F2N2O4S. The smallest absolute Gasteiger partial charge is 0.279 e. The number of ether oxygens (including phenoxy) is 3. The van der Waals surface area contributed by atoms with Crippen LogP contribution in [0.15, 0.2) is 29.3 Å². The van der Waals surface area contributed by atoms with Gasteiger partial charge in [0.1, 0.15) is 5.82 Å². The molecule has 142 valence electrons. The van der Waals surface area contributed by atoms with E-state index in [1.807, 2.05) is 0 Å². The maximum Gasteiger partial charge on any atom is 0.279 e. The summed E-state index contributed by atoms with van der Waals surface area (Å²) in [5, 5.41) is 0. The number of halogens is 2. The molecule has 0 aliphatic heterocycles. The van der Waals surface area contributed by atoms with Crippen molar-refractivity contribution in [1.82, 2.24) is 4.57 Å². The van der Waals surface area contributed by atoms with E-state index in [0.29, 0.717) is 21.9 Å². The summed E-state index contributed by atoms with van der Waals surface area (Å²) < 4.78 is 44.9. The minimum Gasteiger partial charge on any atom is -0.493 e. The van der Waals surface area contributed by atoms with Crippen LogP contribution >= 0.6 is 11.3 Å². The molecule has 0 unspecified atom stereocenters. The second-order valence-corrected chi connectivity index (χ2v) is 6.52. The number of carbonyl (C=O) groups excluding carboxylic acids is 1. The Kier molecular flexibility index (Phi) is 5.13.